The zero-order valence-electron chi connectivity index (χ0n) is 9.22. The van der Waals surface area contributed by atoms with Crippen molar-refractivity contribution in [3.8, 4) is 11.1 Å². The molecule has 0 aliphatic heterocycles. The molecule has 0 saturated carbocycles. The van der Waals surface area contributed by atoms with Gasteiger partial charge in [-0.15, -0.1) is 0 Å². The number of hydrogen-bond acceptors (Lipinski definition) is 2. The van der Waals surface area contributed by atoms with Crippen molar-refractivity contribution < 1.29 is 4.42 Å². The molecule has 0 bridgehead atoms. The Labute approximate surface area is 98.5 Å². The molecule has 2 nitrogen and oxygen atoms in total. The van der Waals surface area contributed by atoms with E-state index in [2.05, 4.69) is 0 Å². The van der Waals surface area contributed by atoms with E-state index in [0.29, 0.717) is 16.2 Å². The molecule has 0 spiro atoms. The molecule has 1 aliphatic carbocycles. The smallest absolute Gasteiger partial charge is 0.200 e. The van der Waals surface area contributed by atoms with Crippen molar-refractivity contribution in [3.63, 3.8) is 0 Å². The van der Waals surface area contributed by atoms with Gasteiger partial charge in [0.25, 0.3) is 0 Å². The molecule has 0 atom stereocenters. The number of benzene rings is 1. The van der Waals surface area contributed by atoms with Gasteiger partial charge in [0, 0.05) is 0 Å². The summed E-state index contributed by atoms with van der Waals surface area (Å²) in [5.41, 5.74) is 2.22. The number of rotatable bonds is 1. The average molecular weight is 223 g/mol. The third-order valence-corrected chi connectivity index (χ3v) is 2.87. The summed E-state index contributed by atoms with van der Waals surface area (Å²) in [4.78, 5) is 12.3. The number of fused-ring (bicyclic) bond motifs is 1. The quantitative estimate of drug-likeness (QED) is 0.733. The third-order valence-electron chi connectivity index (χ3n) is 2.87. The van der Waals surface area contributed by atoms with Crippen molar-refractivity contribution in [2.75, 3.05) is 0 Å². The normalized spacial score (nSPS) is 13.4. The summed E-state index contributed by atoms with van der Waals surface area (Å²) in [5.74, 6) is 0. The van der Waals surface area contributed by atoms with Crippen molar-refractivity contribution >= 4 is 12.2 Å². The maximum absolute atomic E-state index is 12.3. The van der Waals surface area contributed by atoms with Gasteiger partial charge in [-0.25, -0.2) is 0 Å². The number of hydrogen-bond donors (Lipinski definition) is 0. The van der Waals surface area contributed by atoms with Crippen molar-refractivity contribution in [2.45, 2.75) is 6.42 Å². The molecular weight excluding hydrogens is 212 g/mol. The van der Waals surface area contributed by atoms with Crippen LogP contribution < -0.4 is 16.1 Å². The van der Waals surface area contributed by atoms with Crippen LogP contribution >= 0.6 is 0 Å². The molecule has 1 heterocycles. The molecule has 1 aromatic carbocycles. The first kappa shape index (κ1) is 10.1. The van der Waals surface area contributed by atoms with Gasteiger partial charge in [-0.3, -0.25) is 4.79 Å². The Morgan fingerprint density at radius 1 is 1.12 bits per heavy atom. The molecule has 0 amide bonds. The molecule has 1 radical (unpaired) electrons. The van der Waals surface area contributed by atoms with Crippen LogP contribution in [0.1, 0.15) is 6.42 Å². The standard InChI is InChI=1S/C15H11O2/c16-15-12-8-4-5-9-14(12)17-10-13(15)11-6-2-1-3-7-11/h1-4,6-10H,5H2. The zero-order valence-corrected chi connectivity index (χ0v) is 9.22. The molecule has 0 unspecified atom stereocenters. The lowest BCUT2D eigenvalue weighted by atomic mass is 10.1. The Morgan fingerprint density at radius 3 is 2.76 bits per heavy atom. The first-order valence-corrected chi connectivity index (χ1v) is 5.57. The summed E-state index contributed by atoms with van der Waals surface area (Å²) in [5, 5.41) is 0.651. The molecule has 0 saturated heterocycles. The second-order valence-corrected chi connectivity index (χ2v) is 3.96. The molecule has 1 aliphatic rings. The summed E-state index contributed by atoms with van der Waals surface area (Å²) in [6.45, 7) is 0. The van der Waals surface area contributed by atoms with Crippen LogP contribution in [0.5, 0.6) is 0 Å². The Balaban J connectivity index is 2.33. The summed E-state index contributed by atoms with van der Waals surface area (Å²) >= 11 is 0. The second kappa shape index (κ2) is 4.06. The highest BCUT2D eigenvalue weighted by Crippen LogP contribution is 2.12. The van der Waals surface area contributed by atoms with Crippen molar-refractivity contribution in [1.29, 1.82) is 0 Å². The van der Waals surface area contributed by atoms with Crippen LogP contribution in [0.3, 0.4) is 0 Å². The van der Waals surface area contributed by atoms with Crippen LogP contribution in [0.4, 0.5) is 0 Å². The SMILES string of the molecule is O=c1c(-c2ccccc2)coc2c1=C[CH]CC=2. The first-order valence-electron chi connectivity index (χ1n) is 5.57. The second-order valence-electron chi connectivity index (χ2n) is 3.96. The van der Waals surface area contributed by atoms with Crippen LogP contribution in [-0.2, 0) is 0 Å². The summed E-state index contributed by atoms with van der Waals surface area (Å²) < 4.78 is 5.51. The van der Waals surface area contributed by atoms with E-state index in [-0.39, 0.29) is 5.43 Å². The minimum atomic E-state index is 0.0321. The van der Waals surface area contributed by atoms with Gasteiger partial charge < -0.3 is 4.42 Å². The van der Waals surface area contributed by atoms with E-state index in [0.717, 1.165) is 12.0 Å². The Kier molecular flexibility index (Phi) is 2.41. The molecule has 0 fully saturated rings. The van der Waals surface area contributed by atoms with Crippen LogP contribution in [0, 0.1) is 6.42 Å². The van der Waals surface area contributed by atoms with Crippen LogP contribution in [0.15, 0.2) is 45.8 Å². The van der Waals surface area contributed by atoms with Crippen LogP contribution in [0.25, 0.3) is 23.3 Å². The fraction of sp³-hybridized carbons (Fsp3) is 0.0667. The highest BCUT2D eigenvalue weighted by Gasteiger charge is 2.07. The molecule has 83 valence electrons. The molecule has 3 rings (SSSR count). The summed E-state index contributed by atoms with van der Waals surface area (Å²) in [6, 6.07) is 9.58. The fourth-order valence-electron chi connectivity index (χ4n) is 1.99. The van der Waals surface area contributed by atoms with Gasteiger partial charge in [0.2, 0.25) is 0 Å². The molecular formula is C15H11O2. The fourth-order valence-corrected chi connectivity index (χ4v) is 1.99. The largest absolute Gasteiger partial charge is 0.464 e. The highest BCUT2D eigenvalue weighted by atomic mass is 16.3. The third kappa shape index (κ3) is 1.72. The van der Waals surface area contributed by atoms with E-state index in [1.165, 1.54) is 0 Å². The monoisotopic (exact) mass is 223 g/mol. The Bertz CT molecular complexity index is 709. The average Bonchev–Trinajstić information content (AvgIpc) is 2.40. The predicted molar refractivity (Wildman–Crippen MR) is 67.5 cm³/mol. The van der Waals surface area contributed by atoms with Gasteiger partial charge in [-0.1, -0.05) is 36.4 Å². The van der Waals surface area contributed by atoms with E-state index in [4.69, 9.17) is 4.42 Å². The van der Waals surface area contributed by atoms with Crippen molar-refractivity contribution in [1.82, 2.24) is 0 Å². The van der Waals surface area contributed by atoms with Crippen LogP contribution in [0.2, 0.25) is 0 Å². The predicted octanol–water partition coefficient (Wildman–Crippen LogP) is 1.48. The Morgan fingerprint density at radius 2 is 1.94 bits per heavy atom. The topological polar surface area (TPSA) is 30.2 Å². The van der Waals surface area contributed by atoms with Gasteiger partial charge >= 0.3 is 0 Å². The van der Waals surface area contributed by atoms with E-state index < -0.39 is 0 Å². The van der Waals surface area contributed by atoms with Gasteiger partial charge in [0.15, 0.2) is 5.43 Å². The summed E-state index contributed by atoms with van der Waals surface area (Å²) in [6.07, 6.45) is 8.10. The minimum absolute atomic E-state index is 0.0321. The van der Waals surface area contributed by atoms with Gasteiger partial charge in [-0.2, -0.15) is 0 Å². The maximum Gasteiger partial charge on any atom is 0.200 e. The maximum atomic E-state index is 12.3. The van der Waals surface area contributed by atoms with Gasteiger partial charge in [0.05, 0.1) is 10.8 Å². The minimum Gasteiger partial charge on any atom is -0.464 e. The lowest BCUT2D eigenvalue weighted by molar-refractivity contribution is 0.508. The van der Waals surface area contributed by atoms with E-state index in [1.807, 2.05) is 48.9 Å². The lowest BCUT2D eigenvalue weighted by Crippen LogP contribution is -2.40. The van der Waals surface area contributed by atoms with Crippen LogP contribution in [-0.4, -0.2) is 0 Å². The molecule has 0 N–H and O–H groups in total. The lowest BCUT2D eigenvalue weighted by Gasteiger charge is -2.02. The van der Waals surface area contributed by atoms with Gasteiger partial charge in [0.1, 0.15) is 11.7 Å². The van der Waals surface area contributed by atoms with E-state index in [1.54, 1.807) is 6.26 Å². The van der Waals surface area contributed by atoms with Crippen molar-refractivity contribution in [3.05, 3.63) is 63.9 Å². The molecule has 2 aromatic rings. The highest BCUT2D eigenvalue weighted by molar-refractivity contribution is 5.62. The molecule has 1 aromatic heterocycles. The van der Waals surface area contributed by atoms with Gasteiger partial charge in [-0.05, 0) is 24.5 Å². The molecule has 2 heteroatoms. The Hall–Kier alpha value is -2.09. The molecule has 17 heavy (non-hydrogen) atoms. The van der Waals surface area contributed by atoms with E-state index in [9.17, 15) is 4.79 Å². The summed E-state index contributed by atoms with van der Waals surface area (Å²) in [7, 11) is 0. The first-order chi connectivity index (χ1) is 8.36. The van der Waals surface area contributed by atoms with E-state index >= 15 is 0 Å². The zero-order chi connectivity index (χ0) is 11.7. The van der Waals surface area contributed by atoms with Crippen molar-refractivity contribution in [2.24, 2.45) is 0 Å².